The Labute approximate surface area is 112 Å². The van der Waals surface area contributed by atoms with Gasteiger partial charge in [-0.1, -0.05) is 24.4 Å². The van der Waals surface area contributed by atoms with Gasteiger partial charge in [-0.3, -0.25) is 4.79 Å². The zero-order chi connectivity index (χ0) is 13.1. The van der Waals surface area contributed by atoms with Gasteiger partial charge in [0.15, 0.2) is 5.15 Å². The molecule has 0 saturated heterocycles. The largest absolute Gasteiger partial charge is 0.327 e. The van der Waals surface area contributed by atoms with Crippen LogP contribution in [0, 0.1) is 12.8 Å². The van der Waals surface area contributed by atoms with Crippen LogP contribution >= 0.6 is 11.6 Å². The number of nitrogens with zero attached hydrogens (tertiary/aromatic N) is 1. The molecule has 1 amide bonds. The van der Waals surface area contributed by atoms with Gasteiger partial charge in [-0.05, 0) is 31.4 Å². The quantitative estimate of drug-likeness (QED) is 0.809. The standard InChI is InChI=1S/C13H18ClN3O/c1-8-6-11(12(14)16-7-8)17-13(18)9-4-2-3-5-10(9)15/h6-7,9-10H,2-5,15H2,1H3,(H,17,18). The number of nitrogens with two attached hydrogens (primary N) is 1. The third-order valence-electron chi connectivity index (χ3n) is 3.39. The number of hydrogen-bond acceptors (Lipinski definition) is 3. The molecule has 1 aliphatic rings. The Hall–Kier alpha value is -1.13. The molecular formula is C13H18ClN3O. The van der Waals surface area contributed by atoms with Crippen molar-refractivity contribution in [1.82, 2.24) is 4.98 Å². The van der Waals surface area contributed by atoms with Crippen LogP contribution in [0.25, 0.3) is 0 Å². The molecule has 2 atom stereocenters. The highest BCUT2D eigenvalue weighted by Crippen LogP contribution is 2.26. The Kier molecular flexibility index (Phi) is 4.19. The second-order valence-electron chi connectivity index (χ2n) is 4.90. The summed E-state index contributed by atoms with van der Waals surface area (Å²) in [5, 5.41) is 3.16. The van der Waals surface area contributed by atoms with Gasteiger partial charge in [0.25, 0.3) is 0 Å². The molecule has 2 rings (SSSR count). The summed E-state index contributed by atoms with van der Waals surface area (Å²) in [6.07, 6.45) is 5.61. The van der Waals surface area contributed by atoms with Crippen LogP contribution in [0.2, 0.25) is 5.15 Å². The van der Waals surface area contributed by atoms with E-state index < -0.39 is 0 Å². The average Bonchev–Trinajstić information content (AvgIpc) is 2.34. The first kappa shape index (κ1) is 13.3. The van der Waals surface area contributed by atoms with E-state index in [-0.39, 0.29) is 17.9 Å². The first-order valence-electron chi connectivity index (χ1n) is 6.26. The van der Waals surface area contributed by atoms with Crippen molar-refractivity contribution >= 4 is 23.2 Å². The maximum absolute atomic E-state index is 12.2. The molecule has 1 fully saturated rings. The van der Waals surface area contributed by atoms with Crippen molar-refractivity contribution in [1.29, 1.82) is 0 Å². The van der Waals surface area contributed by atoms with E-state index >= 15 is 0 Å². The van der Waals surface area contributed by atoms with E-state index in [1.54, 1.807) is 6.20 Å². The number of aromatic nitrogens is 1. The Bertz CT molecular complexity index is 450. The maximum atomic E-state index is 12.2. The van der Waals surface area contributed by atoms with Crippen molar-refractivity contribution < 1.29 is 4.79 Å². The zero-order valence-corrected chi connectivity index (χ0v) is 11.2. The topological polar surface area (TPSA) is 68.0 Å². The summed E-state index contributed by atoms with van der Waals surface area (Å²) in [4.78, 5) is 16.2. The molecule has 0 aliphatic heterocycles. The van der Waals surface area contributed by atoms with Gasteiger partial charge in [-0.25, -0.2) is 4.98 Å². The van der Waals surface area contributed by atoms with Crippen molar-refractivity contribution in [3.63, 3.8) is 0 Å². The molecular weight excluding hydrogens is 250 g/mol. The fourth-order valence-corrected chi connectivity index (χ4v) is 2.50. The molecule has 1 heterocycles. The lowest BCUT2D eigenvalue weighted by Crippen LogP contribution is -2.40. The van der Waals surface area contributed by atoms with E-state index in [4.69, 9.17) is 17.3 Å². The van der Waals surface area contributed by atoms with E-state index in [2.05, 4.69) is 10.3 Å². The SMILES string of the molecule is Cc1cnc(Cl)c(NC(=O)C2CCCCC2N)c1. The first-order chi connectivity index (χ1) is 8.58. The van der Waals surface area contributed by atoms with Crippen LogP contribution in [0.3, 0.4) is 0 Å². The van der Waals surface area contributed by atoms with Gasteiger partial charge < -0.3 is 11.1 Å². The minimum atomic E-state index is -0.115. The van der Waals surface area contributed by atoms with E-state index in [0.717, 1.165) is 31.2 Å². The summed E-state index contributed by atoms with van der Waals surface area (Å²) in [6, 6.07) is 1.77. The molecule has 18 heavy (non-hydrogen) atoms. The van der Waals surface area contributed by atoms with Crippen molar-refractivity contribution in [3.05, 3.63) is 23.0 Å². The molecule has 1 aliphatic carbocycles. The smallest absolute Gasteiger partial charge is 0.229 e. The molecule has 1 saturated carbocycles. The summed E-state index contributed by atoms with van der Waals surface area (Å²) < 4.78 is 0. The first-order valence-corrected chi connectivity index (χ1v) is 6.64. The average molecular weight is 268 g/mol. The molecule has 1 aromatic rings. The lowest BCUT2D eigenvalue weighted by molar-refractivity contribution is -0.121. The highest BCUT2D eigenvalue weighted by molar-refractivity contribution is 6.32. The third kappa shape index (κ3) is 3.00. The molecule has 2 unspecified atom stereocenters. The zero-order valence-electron chi connectivity index (χ0n) is 10.4. The van der Waals surface area contributed by atoms with E-state index in [9.17, 15) is 4.79 Å². The van der Waals surface area contributed by atoms with Crippen molar-refractivity contribution in [2.24, 2.45) is 11.7 Å². The highest BCUT2D eigenvalue weighted by Gasteiger charge is 2.28. The molecule has 0 aromatic carbocycles. The molecule has 5 heteroatoms. The number of amides is 1. The predicted molar refractivity (Wildman–Crippen MR) is 72.5 cm³/mol. The maximum Gasteiger partial charge on any atom is 0.229 e. The van der Waals surface area contributed by atoms with Crippen LogP contribution in [0.5, 0.6) is 0 Å². The Balaban J connectivity index is 2.08. The fraction of sp³-hybridized carbons (Fsp3) is 0.538. The Morgan fingerprint density at radius 1 is 1.50 bits per heavy atom. The van der Waals surface area contributed by atoms with E-state index in [1.165, 1.54) is 0 Å². The van der Waals surface area contributed by atoms with Gasteiger partial charge in [0, 0.05) is 12.2 Å². The van der Waals surface area contributed by atoms with Crippen LogP contribution in [0.4, 0.5) is 5.69 Å². The second-order valence-corrected chi connectivity index (χ2v) is 5.25. The van der Waals surface area contributed by atoms with Crippen molar-refractivity contribution in [2.45, 2.75) is 38.6 Å². The monoisotopic (exact) mass is 267 g/mol. The van der Waals surface area contributed by atoms with Gasteiger partial charge in [0.05, 0.1) is 11.6 Å². The number of halogens is 1. The van der Waals surface area contributed by atoms with Gasteiger partial charge in [-0.15, -0.1) is 0 Å². The van der Waals surface area contributed by atoms with Gasteiger partial charge in [-0.2, -0.15) is 0 Å². The molecule has 98 valence electrons. The number of carbonyl (C=O) groups is 1. The molecule has 1 aromatic heterocycles. The lowest BCUT2D eigenvalue weighted by Gasteiger charge is -2.27. The van der Waals surface area contributed by atoms with E-state index in [1.807, 2.05) is 13.0 Å². The summed E-state index contributed by atoms with van der Waals surface area (Å²) in [7, 11) is 0. The molecule has 0 bridgehead atoms. The summed E-state index contributed by atoms with van der Waals surface area (Å²) in [6.45, 7) is 1.91. The summed E-state index contributed by atoms with van der Waals surface area (Å²) >= 11 is 5.96. The highest BCUT2D eigenvalue weighted by atomic mass is 35.5. The van der Waals surface area contributed by atoms with Crippen LogP contribution < -0.4 is 11.1 Å². The number of rotatable bonds is 2. The van der Waals surface area contributed by atoms with E-state index in [0.29, 0.717) is 10.8 Å². The second kappa shape index (κ2) is 5.67. The lowest BCUT2D eigenvalue weighted by atomic mass is 9.84. The van der Waals surface area contributed by atoms with Crippen LogP contribution in [-0.4, -0.2) is 16.9 Å². The van der Waals surface area contributed by atoms with Crippen LogP contribution in [0.1, 0.15) is 31.2 Å². The number of carbonyl (C=O) groups excluding carboxylic acids is 1. The molecule has 0 spiro atoms. The van der Waals surface area contributed by atoms with Crippen molar-refractivity contribution in [2.75, 3.05) is 5.32 Å². The predicted octanol–water partition coefficient (Wildman–Crippen LogP) is 2.50. The minimum Gasteiger partial charge on any atom is -0.327 e. The third-order valence-corrected chi connectivity index (χ3v) is 3.69. The van der Waals surface area contributed by atoms with Crippen LogP contribution in [-0.2, 0) is 4.79 Å². The number of nitrogens with one attached hydrogen (secondary N) is 1. The molecule has 4 nitrogen and oxygen atoms in total. The molecule has 3 N–H and O–H groups in total. The van der Waals surface area contributed by atoms with Gasteiger partial charge in [0.1, 0.15) is 0 Å². The van der Waals surface area contributed by atoms with Crippen molar-refractivity contribution in [3.8, 4) is 0 Å². The number of anilines is 1. The van der Waals surface area contributed by atoms with Crippen LogP contribution in [0.15, 0.2) is 12.3 Å². The molecule has 0 radical (unpaired) electrons. The summed E-state index contributed by atoms with van der Waals surface area (Å²) in [5.74, 6) is -0.160. The Morgan fingerprint density at radius 3 is 2.94 bits per heavy atom. The van der Waals surface area contributed by atoms with Gasteiger partial charge in [0.2, 0.25) is 5.91 Å². The van der Waals surface area contributed by atoms with Gasteiger partial charge >= 0.3 is 0 Å². The summed E-state index contributed by atoms with van der Waals surface area (Å²) in [5.41, 5.74) is 7.52. The normalized spacial score (nSPS) is 23.7. The number of hydrogen-bond donors (Lipinski definition) is 2. The number of pyridine rings is 1. The fourth-order valence-electron chi connectivity index (χ4n) is 2.35. The Morgan fingerprint density at radius 2 is 2.22 bits per heavy atom. The number of aryl methyl sites for hydroxylation is 1. The minimum absolute atomic E-state index is 0.0449.